The number of nitrogens with zero attached hydrogens (tertiary/aromatic N) is 3. The highest BCUT2D eigenvalue weighted by molar-refractivity contribution is 5.73. The number of amides is 2. The Morgan fingerprint density at radius 1 is 0.917 bits per heavy atom. The number of hydrogen-bond acceptors (Lipinski definition) is 2. The maximum absolute atomic E-state index is 11.4. The first-order valence-corrected chi connectivity index (χ1v) is 4.26. The molecule has 0 unspecified atom stereocenters. The zero-order valence-corrected chi connectivity index (χ0v) is 8.08. The first-order chi connectivity index (χ1) is 5.61. The summed E-state index contributed by atoms with van der Waals surface area (Å²) in [4.78, 5) is 17.2. The van der Waals surface area contributed by atoms with Crippen molar-refractivity contribution in [2.24, 2.45) is 0 Å². The lowest BCUT2D eigenvalue weighted by Crippen LogP contribution is -2.47. The molecule has 1 fully saturated rings. The molecule has 1 heterocycles. The first kappa shape index (κ1) is 9.32. The van der Waals surface area contributed by atoms with Crippen LogP contribution in [0.15, 0.2) is 0 Å². The van der Waals surface area contributed by atoms with Gasteiger partial charge in [0.2, 0.25) is 0 Å². The molecule has 1 aliphatic heterocycles. The summed E-state index contributed by atoms with van der Waals surface area (Å²) in [7, 11) is 5.77. The van der Waals surface area contributed by atoms with Gasteiger partial charge in [-0.1, -0.05) is 0 Å². The van der Waals surface area contributed by atoms with E-state index in [1.165, 1.54) is 0 Å². The highest BCUT2D eigenvalue weighted by atomic mass is 16.2. The van der Waals surface area contributed by atoms with Crippen LogP contribution in [-0.2, 0) is 0 Å². The number of carbonyl (C=O) groups excluding carboxylic acids is 1. The monoisotopic (exact) mass is 171 g/mol. The third-order valence-electron chi connectivity index (χ3n) is 2.29. The molecule has 4 heteroatoms. The number of likely N-dealkylation sites (N-methyl/N-ethyl adjacent to an activating group) is 3. The van der Waals surface area contributed by atoms with Crippen molar-refractivity contribution in [3.05, 3.63) is 0 Å². The van der Waals surface area contributed by atoms with Crippen LogP contribution >= 0.6 is 0 Å². The van der Waals surface area contributed by atoms with Crippen LogP contribution in [0.1, 0.15) is 0 Å². The molecule has 0 aromatic heterocycles. The molecule has 0 saturated carbocycles. The Bertz CT molecular complexity index is 156. The normalized spacial score (nSPS) is 22.4. The summed E-state index contributed by atoms with van der Waals surface area (Å²) < 4.78 is 0. The van der Waals surface area contributed by atoms with Crippen LogP contribution in [0.5, 0.6) is 0 Å². The van der Waals surface area contributed by atoms with Crippen LogP contribution in [0.4, 0.5) is 4.79 Å². The number of urea groups is 1. The van der Waals surface area contributed by atoms with E-state index < -0.39 is 0 Å². The van der Waals surface area contributed by atoms with Crippen molar-refractivity contribution in [2.75, 3.05) is 47.3 Å². The summed E-state index contributed by atoms with van der Waals surface area (Å²) in [6, 6.07) is 0.128. The number of hydrogen-bond donors (Lipinski definition) is 0. The van der Waals surface area contributed by atoms with Crippen LogP contribution in [0.25, 0.3) is 0 Å². The Kier molecular flexibility index (Phi) is 2.92. The molecule has 0 aliphatic carbocycles. The summed E-state index contributed by atoms with van der Waals surface area (Å²) in [5.41, 5.74) is 0. The fourth-order valence-corrected chi connectivity index (χ4v) is 1.24. The van der Waals surface area contributed by atoms with Crippen LogP contribution in [0.3, 0.4) is 0 Å². The van der Waals surface area contributed by atoms with Gasteiger partial charge in [-0.05, 0) is 7.05 Å². The van der Waals surface area contributed by atoms with E-state index in [-0.39, 0.29) is 6.03 Å². The third-order valence-corrected chi connectivity index (χ3v) is 2.29. The molecule has 0 atom stereocenters. The van der Waals surface area contributed by atoms with Crippen LogP contribution in [0.2, 0.25) is 0 Å². The summed E-state index contributed by atoms with van der Waals surface area (Å²) in [5.74, 6) is 0. The van der Waals surface area contributed by atoms with Gasteiger partial charge in [-0.25, -0.2) is 4.79 Å². The Morgan fingerprint density at radius 3 is 1.75 bits per heavy atom. The fourth-order valence-electron chi connectivity index (χ4n) is 1.24. The third kappa shape index (κ3) is 2.11. The summed E-state index contributed by atoms with van der Waals surface area (Å²) in [6.07, 6.45) is 0. The minimum Gasteiger partial charge on any atom is -0.326 e. The first-order valence-electron chi connectivity index (χ1n) is 4.26. The van der Waals surface area contributed by atoms with Crippen molar-refractivity contribution < 1.29 is 4.79 Å². The van der Waals surface area contributed by atoms with E-state index in [1.54, 1.807) is 9.80 Å². The second kappa shape index (κ2) is 3.76. The summed E-state index contributed by atoms with van der Waals surface area (Å²) >= 11 is 0. The SMILES string of the molecule is CN1CCN(C)C(=O)N(C)CC1. The van der Waals surface area contributed by atoms with Gasteiger partial charge in [-0.15, -0.1) is 0 Å². The Balaban J connectivity index is 2.54. The van der Waals surface area contributed by atoms with E-state index in [4.69, 9.17) is 0 Å². The highest BCUT2D eigenvalue weighted by Gasteiger charge is 2.17. The van der Waals surface area contributed by atoms with Crippen molar-refractivity contribution >= 4 is 6.03 Å². The van der Waals surface area contributed by atoms with E-state index in [0.717, 1.165) is 26.2 Å². The van der Waals surface area contributed by atoms with Crippen LogP contribution in [0, 0.1) is 0 Å². The van der Waals surface area contributed by atoms with E-state index in [9.17, 15) is 4.79 Å². The van der Waals surface area contributed by atoms with Crippen LogP contribution in [-0.4, -0.2) is 68.1 Å². The molecule has 0 radical (unpaired) electrons. The predicted molar refractivity (Wildman–Crippen MR) is 48.2 cm³/mol. The van der Waals surface area contributed by atoms with Crippen molar-refractivity contribution in [1.82, 2.24) is 14.7 Å². The van der Waals surface area contributed by atoms with Gasteiger partial charge in [-0.3, -0.25) is 0 Å². The summed E-state index contributed by atoms with van der Waals surface area (Å²) in [5, 5.41) is 0. The molecule has 0 N–H and O–H groups in total. The molecule has 0 aromatic carbocycles. The van der Waals surface area contributed by atoms with Crippen molar-refractivity contribution in [1.29, 1.82) is 0 Å². The smallest absolute Gasteiger partial charge is 0.319 e. The Hall–Kier alpha value is -0.770. The molecule has 4 nitrogen and oxygen atoms in total. The zero-order chi connectivity index (χ0) is 9.14. The lowest BCUT2D eigenvalue weighted by atomic mass is 10.4. The topological polar surface area (TPSA) is 26.8 Å². The van der Waals surface area contributed by atoms with Crippen molar-refractivity contribution in [2.45, 2.75) is 0 Å². The standard InChI is InChI=1S/C8H17N3O/c1-9-4-6-10(2)8(12)11(3)7-5-9/h4-7H2,1-3H3. The van der Waals surface area contributed by atoms with Crippen molar-refractivity contribution in [3.8, 4) is 0 Å². The molecular weight excluding hydrogens is 154 g/mol. The molecule has 70 valence electrons. The quantitative estimate of drug-likeness (QED) is 0.509. The number of carbonyl (C=O) groups is 1. The van der Waals surface area contributed by atoms with Gasteiger partial charge >= 0.3 is 6.03 Å². The van der Waals surface area contributed by atoms with E-state index in [0.29, 0.717) is 0 Å². The van der Waals surface area contributed by atoms with Gasteiger partial charge in [0.1, 0.15) is 0 Å². The zero-order valence-electron chi connectivity index (χ0n) is 8.08. The van der Waals surface area contributed by atoms with Gasteiger partial charge in [-0.2, -0.15) is 0 Å². The molecule has 1 rings (SSSR count). The van der Waals surface area contributed by atoms with Gasteiger partial charge < -0.3 is 14.7 Å². The van der Waals surface area contributed by atoms with Crippen molar-refractivity contribution in [3.63, 3.8) is 0 Å². The molecule has 0 aromatic rings. The molecule has 12 heavy (non-hydrogen) atoms. The largest absolute Gasteiger partial charge is 0.326 e. The van der Waals surface area contributed by atoms with Gasteiger partial charge in [0, 0.05) is 40.3 Å². The fraction of sp³-hybridized carbons (Fsp3) is 0.875. The second-order valence-corrected chi connectivity index (χ2v) is 3.43. The van der Waals surface area contributed by atoms with Crippen LogP contribution < -0.4 is 0 Å². The highest BCUT2D eigenvalue weighted by Crippen LogP contribution is 1.98. The van der Waals surface area contributed by atoms with Gasteiger partial charge in [0.25, 0.3) is 0 Å². The molecule has 1 saturated heterocycles. The van der Waals surface area contributed by atoms with Gasteiger partial charge in [0.05, 0.1) is 0 Å². The lowest BCUT2D eigenvalue weighted by Gasteiger charge is -2.31. The predicted octanol–water partition coefficient (Wildman–Crippen LogP) is -0.0846. The molecule has 1 aliphatic rings. The molecule has 0 spiro atoms. The average molecular weight is 171 g/mol. The maximum Gasteiger partial charge on any atom is 0.319 e. The maximum atomic E-state index is 11.4. The molecular formula is C8H17N3O. The van der Waals surface area contributed by atoms with E-state index >= 15 is 0 Å². The molecule has 0 bridgehead atoms. The number of rotatable bonds is 0. The lowest BCUT2D eigenvalue weighted by molar-refractivity contribution is 0.147. The minimum atomic E-state index is 0.128. The second-order valence-electron chi connectivity index (χ2n) is 3.43. The average Bonchev–Trinajstić information content (AvgIpc) is 2.07. The summed E-state index contributed by atoms with van der Waals surface area (Å²) in [6.45, 7) is 3.57. The van der Waals surface area contributed by atoms with E-state index in [1.807, 2.05) is 14.1 Å². The Morgan fingerprint density at radius 2 is 1.33 bits per heavy atom. The van der Waals surface area contributed by atoms with Gasteiger partial charge in [0.15, 0.2) is 0 Å². The Labute approximate surface area is 73.7 Å². The molecule has 2 amide bonds. The van der Waals surface area contributed by atoms with E-state index in [2.05, 4.69) is 11.9 Å². The minimum absolute atomic E-state index is 0.128.